The normalized spacial score (nSPS) is 20.1. The molecule has 2 aromatic heterocycles. The standard InChI is InChI=1S/C19H28N6O3/c1-12(21-19(27)28)3-4-13-5-6-14(9-13)16-11-17(24-23-16)22-18(26)10-15-7-8-20-25(15)2/h7-8,11-14,21H,3-6,9-10H2,1-2H3,(H,27,28)(H2,22,23,24,26)/t12-,13?,14?/m0/s1. The Morgan fingerprint density at radius 2 is 2.25 bits per heavy atom. The molecule has 0 spiro atoms. The van der Waals surface area contributed by atoms with E-state index in [9.17, 15) is 9.59 Å². The highest BCUT2D eigenvalue weighted by molar-refractivity contribution is 5.91. The van der Waals surface area contributed by atoms with Gasteiger partial charge in [0, 0.05) is 42.7 Å². The molecule has 28 heavy (non-hydrogen) atoms. The zero-order chi connectivity index (χ0) is 20.1. The lowest BCUT2D eigenvalue weighted by atomic mass is 9.96. The van der Waals surface area contributed by atoms with E-state index < -0.39 is 6.09 Å². The van der Waals surface area contributed by atoms with Crippen LogP contribution in [0.4, 0.5) is 10.6 Å². The van der Waals surface area contributed by atoms with Crippen molar-refractivity contribution in [1.82, 2.24) is 25.3 Å². The summed E-state index contributed by atoms with van der Waals surface area (Å²) in [5, 5.41) is 25.5. The highest BCUT2D eigenvalue weighted by atomic mass is 16.4. The third-order valence-electron chi connectivity index (χ3n) is 5.49. The number of rotatable bonds is 8. The fourth-order valence-corrected chi connectivity index (χ4v) is 3.92. The van der Waals surface area contributed by atoms with Crippen LogP contribution in [-0.2, 0) is 18.3 Å². The molecule has 1 aliphatic rings. The first-order valence-corrected chi connectivity index (χ1v) is 9.72. The second-order valence-electron chi connectivity index (χ2n) is 7.68. The van der Waals surface area contributed by atoms with E-state index in [1.54, 1.807) is 10.9 Å². The molecule has 0 aromatic carbocycles. The largest absolute Gasteiger partial charge is 0.465 e. The van der Waals surface area contributed by atoms with Crippen molar-refractivity contribution in [2.75, 3.05) is 5.32 Å². The highest BCUT2D eigenvalue weighted by Crippen LogP contribution is 2.40. The molecule has 0 radical (unpaired) electrons. The van der Waals surface area contributed by atoms with Crippen LogP contribution in [0.3, 0.4) is 0 Å². The molecule has 9 heteroatoms. The van der Waals surface area contributed by atoms with Gasteiger partial charge in [-0.1, -0.05) is 0 Å². The zero-order valence-corrected chi connectivity index (χ0v) is 16.3. The molecule has 4 N–H and O–H groups in total. The van der Waals surface area contributed by atoms with Crippen LogP contribution in [0.5, 0.6) is 0 Å². The van der Waals surface area contributed by atoms with E-state index in [4.69, 9.17) is 5.11 Å². The van der Waals surface area contributed by atoms with Gasteiger partial charge in [-0.15, -0.1) is 0 Å². The molecular weight excluding hydrogens is 360 g/mol. The number of nitrogens with one attached hydrogen (secondary N) is 3. The van der Waals surface area contributed by atoms with Gasteiger partial charge in [-0.05, 0) is 51.0 Å². The van der Waals surface area contributed by atoms with Crippen molar-refractivity contribution in [3.05, 3.63) is 29.7 Å². The van der Waals surface area contributed by atoms with Gasteiger partial charge < -0.3 is 15.7 Å². The molecule has 152 valence electrons. The monoisotopic (exact) mass is 388 g/mol. The summed E-state index contributed by atoms with van der Waals surface area (Å²) in [5.74, 6) is 1.42. The summed E-state index contributed by atoms with van der Waals surface area (Å²) in [7, 11) is 1.81. The topological polar surface area (TPSA) is 125 Å². The van der Waals surface area contributed by atoms with Crippen molar-refractivity contribution >= 4 is 17.8 Å². The first-order valence-electron chi connectivity index (χ1n) is 9.72. The van der Waals surface area contributed by atoms with E-state index in [-0.39, 0.29) is 18.4 Å². The lowest BCUT2D eigenvalue weighted by molar-refractivity contribution is -0.115. The molecule has 0 bridgehead atoms. The number of H-pyrrole nitrogens is 1. The van der Waals surface area contributed by atoms with Gasteiger partial charge in [0.05, 0.1) is 6.42 Å². The van der Waals surface area contributed by atoms with Crippen molar-refractivity contribution in [3.63, 3.8) is 0 Å². The molecule has 3 rings (SSSR count). The maximum absolute atomic E-state index is 12.2. The van der Waals surface area contributed by atoms with Gasteiger partial charge in [0.1, 0.15) is 0 Å². The summed E-state index contributed by atoms with van der Waals surface area (Å²) in [6, 6.07) is 3.72. The molecule has 2 unspecified atom stereocenters. The molecule has 0 saturated heterocycles. The van der Waals surface area contributed by atoms with Crippen molar-refractivity contribution in [2.24, 2.45) is 13.0 Å². The van der Waals surface area contributed by atoms with Crippen LogP contribution in [0.15, 0.2) is 18.3 Å². The number of carbonyl (C=O) groups excluding carboxylic acids is 1. The Bertz CT molecular complexity index is 814. The Hall–Kier alpha value is -2.84. The summed E-state index contributed by atoms with van der Waals surface area (Å²) in [6.07, 6.45) is 6.10. The number of aromatic nitrogens is 4. The molecule has 3 atom stereocenters. The maximum atomic E-state index is 12.2. The number of aromatic amines is 1. The Balaban J connectivity index is 1.46. The molecular formula is C19H28N6O3. The predicted molar refractivity (Wildman–Crippen MR) is 104 cm³/mol. The quantitative estimate of drug-likeness (QED) is 0.553. The number of hydrogen-bond acceptors (Lipinski definition) is 4. The van der Waals surface area contributed by atoms with Gasteiger partial charge in [0.2, 0.25) is 5.91 Å². The average Bonchev–Trinajstić information content (AvgIpc) is 3.34. The minimum absolute atomic E-state index is 0.0232. The van der Waals surface area contributed by atoms with Crippen LogP contribution in [0, 0.1) is 5.92 Å². The van der Waals surface area contributed by atoms with Crippen LogP contribution < -0.4 is 10.6 Å². The van der Waals surface area contributed by atoms with Gasteiger partial charge in [-0.2, -0.15) is 10.2 Å². The summed E-state index contributed by atoms with van der Waals surface area (Å²) < 4.78 is 1.68. The number of carbonyl (C=O) groups is 2. The van der Waals surface area contributed by atoms with Crippen LogP contribution in [0.2, 0.25) is 0 Å². The van der Waals surface area contributed by atoms with Gasteiger partial charge in [-0.25, -0.2) is 4.79 Å². The van der Waals surface area contributed by atoms with Crippen LogP contribution in [0.25, 0.3) is 0 Å². The summed E-state index contributed by atoms with van der Waals surface area (Å²) >= 11 is 0. The molecule has 1 saturated carbocycles. The Morgan fingerprint density at radius 3 is 2.96 bits per heavy atom. The van der Waals surface area contributed by atoms with E-state index in [1.807, 2.05) is 26.1 Å². The number of nitrogens with zero attached hydrogens (tertiary/aromatic N) is 3. The third-order valence-corrected chi connectivity index (χ3v) is 5.49. The minimum atomic E-state index is -0.966. The minimum Gasteiger partial charge on any atom is -0.465 e. The number of hydrogen-bond donors (Lipinski definition) is 4. The van der Waals surface area contributed by atoms with Crippen LogP contribution in [-0.4, -0.2) is 43.1 Å². The highest BCUT2D eigenvalue weighted by Gasteiger charge is 2.27. The summed E-state index contributed by atoms with van der Waals surface area (Å²) in [5.41, 5.74) is 1.90. The van der Waals surface area contributed by atoms with E-state index in [2.05, 4.69) is 25.9 Å². The Labute approximate surface area is 163 Å². The molecule has 2 amide bonds. The number of carboxylic acid groups (broad SMARTS) is 1. The van der Waals surface area contributed by atoms with Gasteiger partial charge in [0.25, 0.3) is 0 Å². The van der Waals surface area contributed by atoms with Gasteiger partial charge >= 0.3 is 6.09 Å². The van der Waals surface area contributed by atoms with E-state index >= 15 is 0 Å². The first-order chi connectivity index (χ1) is 13.4. The lowest BCUT2D eigenvalue weighted by Gasteiger charge is -2.14. The lowest BCUT2D eigenvalue weighted by Crippen LogP contribution is -2.31. The fourth-order valence-electron chi connectivity index (χ4n) is 3.92. The fraction of sp³-hybridized carbons (Fsp3) is 0.579. The molecule has 0 aliphatic heterocycles. The van der Waals surface area contributed by atoms with Crippen LogP contribution in [0.1, 0.15) is 56.3 Å². The predicted octanol–water partition coefficient (Wildman–Crippen LogP) is 2.64. The summed E-state index contributed by atoms with van der Waals surface area (Å²) in [6.45, 7) is 1.90. The molecule has 2 aromatic rings. The van der Waals surface area contributed by atoms with Crippen molar-refractivity contribution in [3.8, 4) is 0 Å². The first kappa shape index (κ1) is 19.9. The zero-order valence-electron chi connectivity index (χ0n) is 16.3. The summed E-state index contributed by atoms with van der Waals surface area (Å²) in [4.78, 5) is 22.9. The van der Waals surface area contributed by atoms with Crippen molar-refractivity contribution < 1.29 is 14.7 Å². The SMILES string of the molecule is C[C@@H](CCC1CCC(c2cc(NC(=O)Cc3ccnn3C)n[nH]2)C1)NC(=O)O. The van der Waals surface area contributed by atoms with E-state index in [0.29, 0.717) is 17.7 Å². The molecule has 9 nitrogen and oxygen atoms in total. The van der Waals surface area contributed by atoms with Gasteiger partial charge in [-0.3, -0.25) is 14.6 Å². The van der Waals surface area contributed by atoms with Crippen LogP contribution >= 0.6 is 0 Å². The smallest absolute Gasteiger partial charge is 0.404 e. The molecule has 1 aliphatic carbocycles. The second-order valence-corrected chi connectivity index (χ2v) is 7.68. The van der Waals surface area contributed by atoms with E-state index in [1.165, 1.54) is 0 Å². The third kappa shape index (κ3) is 5.34. The second kappa shape index (κ2) is 8.90. The van der Waals surface area contributed by atoms with Gasteiger partial charge in [0.15, 0.2) is 5.82 Å². The number of amides is 2. The number of anilines is 1. The Morgan fingerprint density at radius 1 is 1.43 bits per heavy atom. The van der Waals surface area contributed by atoms with Crippen molar-refractivity contribution in [2.45, 2.75) is 57.4 Å². The molecule has 1 fully saturated rings. The van der Waals surface area contributed by atoms with Crippen molar-refractivity contribution in [1.29, 1.82) is 0 Å². The average molecular weight is 388 g/mol. The maximum Gasteiger partial charge on any atom is 0.404 e. The number of aryl methyl sites for hydroxylation is 1. The van der Waals surface area contributed by atoms with E-state index in [0.717, 1.165) is 43.5 Å². The molecule has 2 heterocycles. The Kier molecular flexibility index (Phi) is 6.33.